The lowest BCUT2D eigenvalue weighted by atomic mass is 10.4. The molecule has 0 aliphatic rings. The summed E-state index contributed by atoms with van der Waals surface area (Å²) in [6.45, 7) is 3.64. The van der Waals surface area contributed by atoms with Crippen molar-refractivity contribution in [2.24, 2.45) is 0 Å². The number of aliphatic hydroxyl groups excluding tert-OH is 1. The van der Waals surface area contributed by atoms with Crippen LogP contribution in [-0.4, -0.2) is 50.0 Å². The fourth-order valence-corrected chi connectivity index (χ4v) is 2.42. The smallest absolute Gasteiger partial charge is 0.181 e. The predicted molar refractivity (Wildman–Crippen MR) is 71.6 cm³/mol. The van der Waals surface area contributed by atoms with Crippen molar-refractivity contribution in [3.05, 3.63) is 12.7 Å². The van der Waals surface area contributed by atoms with Crippen molar-refractivity contribution in [2.75, 3.05) is 18.8 Å². The van der Waals surface area contributed by atoms with Crippen molar-refractivity contribution in [1.29, 1.82) is 0 Å². The Morgan fingerprint density at radius 3 is 3.17 bits per heavy atom. The number of aromatic nitrogens is 4. The highest BCUT2D eigenvalue weighted by molar-refractivity contribution is 7.99. The van der Waals surface area contributed by atoms with Crippen LogP contribution in [0.5, 0.6) is 0 Å². The standard InChI is InChI=1S/C11H17N5OS/c1-2-3-12-4-8(17)5-18-11-9-10(14-6-13-9)15-7-16-11/h6-8,12,17H,2-5H2,1H3,(H,13,14,15,16). The van der Waals surface area contributed by atoms with Gasteiger partial charge in [-0.25, -0.2) is 15.0 Å². The number of nitrogens with zero attached hydrogens (tertiary/aromatic N) is 3. The number of nitrogens with one attached hydrogen (secondary N) is 2. The number of H-pyrrole nitrogens is 1. The first kappa shape index (κ1) is 13.3. The SMILES string of the molecule is CCCNCC(O)CSc1ncnc2nc[nH]c12. The van der Waals surface area contributed by atoms with E-state index in [9.17, 15) is 5.11 Å². The van der Waals surface area contributed by atoms with Crippen LogP contribution in [0.3, 0.4) is 0 Å². The van der Waals surface area contributed by atoms with E-state index in [0.29, 0.717) is 17.9 Å². The molecule has 0 bridgehead atoms. The van der Waals surface area contributed by atoms with E-state index in [0.717, 1.165) is 23.5 Å². The second kappa shape index (κ2) is 6.67. The van der Waals surface area contributed by atoms with E-state index in [2.05, 4.69) is 32.2 Å². The van der Waals surface area contributed by atoms with Crippen LogP contribution in [-0.2, 0) is 0 Å². The minimum Gasteiger partial charge on any atom is -0.391 e. The predicted octanol–water partition coefficient (Wildman–Crippen LogP) is 0.806. The zero-order valence-corrected chi connectivity index (χ0v) is 11.1. The Hall–Kier alpha value is -1.18. The van der Waals surface area contributed by atoms with Gasteiger partial charge in [-0.15, -0.1) is 11.8 Å². The molecule has 3 N–H and O–H groups in total. The highest BCUT2D eigenvalue weighted by atomic mass is 32.2. The molecule has 2 heterocycles. The van der Waals surface area contributed by atoms with Crippen LogP contribution in [0.25, 0.3) is 11.2 Å². The minimum absolute atomic E-state index is 0.380. The van der Waals surface area contributed by atoms with Gasteiger partial charge in [-0.2, -0.15) is 0 Å². The molecule has 1 unspecified atom stereocenters. The number of thioether (sulfide) groups is 1. The average molecular weight is 267 g/mol. The molecule has 0 aliphatic heterocycles. The van der Waals surface area contributed by atoms with Gasteiger partial charge in [0.2, 0.25) is 0 Å². The van der Waals surface area contributed by atoms with Gasteiger partial charge in [0.1, 0.15) is 16.9 Å². The molecule has 98 valence electrons. The summed E-state index contributed by atoms with van der Waals surface area (Å²) >= 11 is 1.51. The lowest BCUT2D eigenvalue weighted by Gasteiger charge is -2.10. The molecule has 2 rings (SSSR count). The lowest BCUT2D eigenvalue weighted by molar-refractivity contribution is 0.196. The van der Waals surface area contributed by atoms with E-state index in [-0.39, 0.29) is 6.10 Å². The van der Waals surface area contributed by atoms with Crippen molar-refractivity contribution in [2.45, 2.75) is 24.5 Å². The van der Waals surface area contributed by atoms with Gasteiger partial charge in [-0.3, -0.25) is 0 Å². The second-order valence-corrected chi connectivity index (χ2v) is 4.96. The monoisotopic (exact) mass is 267 g/mol. The topological polar surface area (TPSA) is 86.7 Å². The maximum Gasteiger partial charge on any atom is 0.181 e. The Morgan fingerprint density at radius 2 is 2.33 bits per heavy atom. The molecular weight excluding hydrogens is 250 g/mol. The van der Waals surface area contributed by atoms with Gasteiger partial charge in [0.15, 0.2) is 5.65 Å². The summed E-state index contributed by atoms with van der Waals surface area (Å²) in [5.74, 6) is 0.599. The van der Waals surface area contributed by atoms with E-state index in [4.69, 9.17) is 0 Å². The van der Waals surface area contributed by atoms with Crippen molar-refractivity contribution in [3.8, 4) is 0 Å². The third-order valence-corrected chi connectivity index (χ3v) is 3.54. The Kier molecular flexibility index (Phi) is 4.91. The number of fused-ring (bicyclic) bond motifs is 1. The Bertz CT molecular complexity index is 489. The van der Waals surface area contributed by atoms with E-state index in [1.165, 1.54) is 18.1 Å². The second-order valence-electron chi connectivity index (χ2n) is 3.95. The number of hydrogen-bond donors (Lipinski definition) is 3. The van der Waals surface area contributed by atoms with Crippen molar-refractivity contribution in [3.63, 3.8) is 0 Å². The van der Waals surface area contributed by atoms with Crippen LogP contribution >= 0.6 is 11.8 Å². The van der Waals surface area contributed by atoms with Gasteiger partial charge < -0.3 is 15.4 Å². The molecule has 0 spiro atoms. The normalized spacial score (nSPS) is 13.0. The molecule has 0 aromatic carbocycles. The number of aliphatic hydroxyl groups is 1. The molecule has 0 radical (unpaired) electrons. The Balaban J connectivity index is 1.88. The van der Waals surface area contributed by atoms with Gasteiger partial charge in [0, 0.05) is 12.3 Å². The van der Waals surface area contributed by atoms with Crippen LogP contribution < -0.4 is 5.32 Å². The quantitative estimate of drug-likeness (QED) is 0.391. The van der Waals surface area contributed by atoms with Crippen LogP contribution in [0.4, 0.5) is 0 Å². The van der Waals surface area contributed by atoms with Gasteiger partial charge >= 0.3 is 0 Å². The summed E-state index contributed by atoms with van der Waals surface area (Å²) < 4.78 is 0. The number of imidazole rings is 1. The molecule has 6 nitrogen and oxygen atoms in total. The summed E-state index contributed by atoms with van der Waals surface area (Å²) in [7, 11) is 0. The summed E-state index contributed by atoms with van der Waals surface area (Å²) in [5, 5.41) is 13.8. The summed E-state index contributed by atoms with van der Waals surface area (Å²) in [6.07, 6.45) is 3.78. The van der Waals surface area contributed by atoms with E-state index < -0.39 is 0 Å². The third kappa shape index (κ3) is 3.41. The average Bonchev–Trinajstić information content (AvgIpc) is 2.85. The fourth-order valence-electron chi connectivity index (χ4n) is 1.53. The summed E-state index contributed by atoms with van der Waals surface area (Å²) in [4.78, 5) is 15.3. The molecule has 0 fully saturated rings. The van der Waals surface area contributed by atoms with Crippen molar-refractivity contribution >= 4 is 22.9 Å². The molecule has 2 aromatic heterocycles. The maximum absolute atomic E-state index is 9.81. The van der Waals surface area contributed by atoms with E-state index in [1.54, 1.807) is 6.33 Å². The van der Waals surface area contributed by atoms with E-state index >= 15 is 0 Å². The Morgan fingerprint density at radius 1 is 1.44 bits per heavy atom. The molecule has 0 saturated heterocycles. The first-order chi connectivity index (χ1) is 8.81. The van der Waals surface area contributed by atoms with Gasteiger partial charge in [0.05, 0.1) is 12.4 Å². The van der Waals surface area contributed by atoms with Crippen molar-refractivity contribution < 1.29 is 5.11 Å². The van der Waals surface area contributed by atoms with Crippen molar-refractivity contribution in [1.82, 2.24) is 25.3 Å². The molecule has 1 atom stereocenters. The summed E-state index contributed by atoms with van der Waals surface area (Å²) in [6, 6.07) is 0. The third-order valence-electron chi connectivity index (χ3n) is 2.41. The van der Waals surface area contributed by atoms with Crippen LogP contribution in [0.1, 0.15) is 13.3 Å². The number of aromatic amines is 1. The minimum atomic E-state index is -0.380. The van der Waals surface area contributed by atoms with Gasteiger partial charge in [0.25, 0.3) is 0 Å². The highest BCUT2D eigenvalue weighted by Gasteiger charge is 2.09. The number of hydrogen-bond acceptors (Lipinski definition) is 6. The first-order valence-corrected chi connectivity index (χ1v) is 6.95. The highest BCUT2D eigenvalue weighted by Crippen LogP contribution is 2.22. The molecule has 18 heavy (non-hydrogen) atoms. The zero-order chi connectivity index (χ0) is 12.8. The summed E-state index contributed by atoms with van der Waals surface area (Å²) in [5.41, 5.74) is 1.49. The molecule has 7 heteroatoms. The first-order valence-electron chi connectivity index (χ1n) is 5.97. The van der Waals surface area contributed by atoms with E-state index in [1.807, 2.05) is 0 Å². The molecule has 2 aromatic rings. The van der Waals surface area contributed by atoms with Crippen LogP contribution in [0, 0.1) is 0 Å². The van der Waals surface area contributed by atoms with Gasteiger partial charge in [-0.1, -0.05) is 6.92 Å². The molecule has 0 saturated carbocycles. The molecular formula is C11H17N5OS. The Labute approximate surface area is 110 Å². The molecule has 0 aliphatic carbocycles. The van der Waals surface area contributed by atoms with Crippen LogP contribution in [0.15, 0.2) is 17.7 Å². The zero-order valence-electron chi connectivity index (χ0n) is 10.3. The number of rotatable bonds is 7. The van der Waals surface area contributed by atoms with Crippen LogP contribution in [0.2, 0.25) is 0 Å². The lowest BCUT2D eigenvalue weighted by Crippen LogP contribution is -2.28. The fraction of sp³-hybridized carbons (Fsp3) is 0.545. The molecule has 0 amide bonds. The largest absolute Gasteiger partial charge is 0.391 e. The van der Waals surface area contributed by atoms with Gasteiger partial charge in [-0.05, 0) is 13.0 Å². The maximum atomic E-state index is 9.81.